The molecule has 1 aromatic heterocycles. The van der Waals surface area contributed by atoms with E-state index >= 15 is 0 Å². The third-order valence-electron chi connectivity index (χ3n) is 6.30. The molecule has 1 aliphatic heterocycles. The van der Waals surface area contributed by atoms with Gasteiger partial charge in [0.05, 0.1) is 30.6 Å². The standard InChI is InChI=1S/C22H29N5O3/c1-16-13-23-14-22(24-16)26-12-11-20(25-27(28)29)21(26)15-30-19-9-7-18(8-10-19)17-5-3-2-4-6-17/h2-6,13-14,18-21,25H,7-12,15H2,1H3. The number of ether oxygens (including phenoxy) is 1. The summed E-state index contributed by atoms with van der Waals surface area (Å²) >= 11 is 0. The van der Waals surface area contributed by atoms with E-state index in [-0.39, 0.29) is 18.2 Å². The van der Waals surface area contributed by atoms with E-state index in [1.165, 1.54) is 5.56 Å². The third-order valence-corrected chi connectivity index (χ3v) is 6.30. The third kappa shape index (κ3) is 4.87. The summed E-state index contributed by atoms with van der Waals surface area (Å²) in [5, 5.41) is 10.6. The van der Waals surface area contributed by atoms with Crippen molar-refractivity contribution in [2.45, 2.75) is 63.1 Å². The van der Waals surface area contributed by atoms with Gasteiger partial charge in [0.25, 0.3) is 0 Å². The fourth-order valence-electron chi connectivity index (χ4n) is 4.74. The predicted molar refractivity (Wildman–Crippen MR) is 114 cm³/mol. The van der Waals surface area contributed by atoms with Crippen LogP contribution in [0.5, 0.6) is 0 Å². The van der Waals surface area contributed by atoms with Crippen molar-refractivity contribution in [3.63, 3.8) is 0 Å². The minimum absolute atomic E-state index is 0.140. The van der Waals surface area contributed by atoms with E-state index in [1.807, 2.05) is 6.92 Å². The zero-order valence-electron chi connectivity index (χ0n) is 17.3. The van der Waals surface area contributed by atoms with Crippen LogP contribution in [-0.4, -0.2) is 46.3 Å². The Morgan fingerprint density at radius 3 is 2.63 bits per heavy atom. The number of benzene rings is 1. The Morgan fingerprint density at radius 2 is 1.93 bits per heavy atom. The molecule has 2 aromatic rings. The first kappa shape index (κ1) is 20.5. The molecule has 4 rings (SSSR count). The number of hydrogen-bond donors (Lipinski definition) is 1. The first-order valence-electron chi connectivity index (χ1n) is 10.7. The molecule has 0 radical (unpaired) electrons. The lowest BCUT2D eigenvalue weighted by Gasteiger charge is -2.32. The first-order chi connectivity index (χ1) is 14.6. The number of hydrazine groups is 1. The van der Waals surface area contributed by atoms with Crippen LogP contribution in [0.3, 0.4) is 0 Å². The lowest BCUT2D eigenvalue weighted by Crippen LogP contribution is -2.48. The van der Waals surface area contributed by atoms with E-state index in [0.29, 0.717) is 25.5 Å². The van der Waals surface area contributed by atoms with Crippen LogP contribution in [0.25, 0.3) is 0 Å². The molecular formula is C22H29N5O3. The van der Waals surface area contributed by atoms with Crippen LogP contribution in [0.2, 0.25) is 0 Å². The summed E-state index contributed by atoms with van der Waals surface area (Å²) in [4.78, 5) is 22.0. The zero-order chi connectivity index (χ0) is 20.9. The van der Waals surface area contributed by atoms with Gasteiger partial charge < -0.3 is 9.64 Å². The molecule has 0 amide bonds. The van der Waals surface area contributed by atoms with Crippen LogP contribution in [0.15, 0.2) is 42.7 Å². The number of nitrogens with one attached hydrogen (secondary N) is 1. The van der Waals surface area contributed by atoms with Crippen molar-refractivity contribution < 1.29 is 9.77 Å². The molecule has 8 heteroatoms. The summed E-state index contributed by atoms with van der Waals surface area (Å²) < 4.78 is 6.29. The van der Waals surface area contributed by atoms with Crippen LogP contribution in [0, 0.1) is 17.0 Å². The molecule has 1 saturated heterocycles. The number of anilines is 1. The van der Waals surface area contributed by atoms with Gasteiger partial charge in [-0.2, -0.15) is 0 Å². The number of aryl methyl sites for hydroxylation is 1. The fourth-order valence-corrected chi connectivity index (χ4v) is 4.74. The fraction of sp³-hybridized carbons (Fsp3) is 0.545. The van der Waals surface area contributed by atoms with Gasteiger partial charge in [0, 0.05) is 12.7 Å². The van der Waals surface area contributed by atoms with Gasteiger partial charge in [-0.3, -0.25) is 4.98 Å². The predicted octanol–water partition coefficient (Wildman–Crippen LogP) is 3.26. The molecule has 1 aliphatic carbocycles. The molecule has 1 saturated carbocycles. The van der Waals surface area contributed by atoms with Crippen molar-refractivity contribution in [1.29, 1.82) is 0 Å². The van der Waals surface area contributed by atoms with Gasteiger partial charge in [-0.1, -0.05) is 30.3 Å². The van der Waals surface area contributed by atoms with Gasteiger partial charge in [0.1, 0.15) is 11.9 Å². The average Bonchev–Trinajstić information content (AvgIpc) is 3.15. The van der Waals surface area contributed by atoms with E-state index in [4.69, 9.17) is 4.74 Å². The highest BCUT2D eigenvalue weighted by Gasteiger charge is 2.38. The molecule has 0 bridgehead atoms. The molecule has 1 aromatic carbocycles. The van der Waals surface area contributed by atoms with Crippen LogP contribution in [0.1, 0.15) is 49.3 Å². The van der Waals surface area contributed by atoms with Crippen molar-refractivity contribution in [1.82, 2.24) is 15.4 Å². The maximum absolute atomic E-state index is 11.1. The molecule has 2 aliphatic rings. The topological polar surface area (TPSA) is 93.4 Å². The largest absolute Gasteiger partial charge is 0.376 e. The monoisotopic (exact) mass is 411 g/mol. The van der Waals surface area contributed by atoms with Gasteiger partial charge in [0.15, 0.2) is 5.03 Å². The number of hydrogen-bond acceptors (Lipinski definition) is 6. The average molecular weight is 412 g/mol. The van der Waals surface area contributed by atoms with E-state index in [1.54, 1.807) is 12.4 Å². The van der Waals surface area contributed by atoms with Gasteiger partial charge in [-0.25, -0.2) is 15.1 Å². The van der Waals surface area contributed by atoms with Crippen LogP contribution in [-0.2, 0) is 4.74 Å². The van der Waals surface area contributed by atoms with E-state index < -0.39 is 5.03 Å². The van der Waals surface area contributed by atoms with E-state index in [9.17, 15) is 10.1 Å². The zero-order valence-corrected chi connectivity index (χ0v) is 17.3. The minimum Gasteiger partial charge on any atom is -0.376 e. The highest BCUT2D eigenvalue weighted by atomic mass is 16.7. The van der Waals surface area contributed by atoms with Crippen molar-refractivity contribution >= 4 is 5.82 Å². The second-order valence-electron chi connectivity index (χ2n) is 8.28. The Morgan fingerprint density at radius 1 is 1.17 bits per heavy atom. The minimum atomic E-state index is -0.450. The Labute approximate surface area is 176 Å². The maximum atomic E-state index is 11.1. The summed E-state index contributed by atoms with van der Waals surface area (Å²) in [6.45, 7) is 3.04. The Kier molecular flexibility index (Phi) is 6.42. The molecule has 2 unspecified atom stereocenters. The second kappa shape index (κ2) is 9.38. The van der Waals surface area contributed by atoms with Crippen LogP contribution >= 0.6 is 0 Å². The number of aromatic nitrogens is 2. The highest BCUT2D eigenvalue weighted by Crippen LogP contribution is 2.34. The molecule has 160 valence electrons. The molecule has 2 atom stereocenters. The van der Waals surface area contributed by atoms with Gasteiger partial charge in [-0.15, -0.1) is 5.43 Å². The maximum Gasteiger partial charge on any atom is 0.157 e. The summed E-state index contributed by atoms with van der Waals surface area (Å²) in [5.74, 6) is 1.35. The highest BCUT2D eigenvalue weighted by molar-refractivity contribution is 5.40. The Balaban J connectivity index is 1.37. The van der Waals surface area contributed by atoms with Crippen molar-refractivity contribution in [2.24, 2.45) is 0 Å². The Hall–Kier alpha value is -2.74. The SMILES string of the molecule is Cc1cncc(N2CCC(N[N+](=O)[O-])C2COC2CCC(c3ccccc3)CC2)n1. The van der Waals surface area contributed by atoms with Crippen LogP contribution in [0.4, 0.5) is 5.82 Å². The van der Waals surface area contributed by atoms with Gasteiger partial charge in [0.2, 0.25) is 0 Å². The molecular weight excluding hydrogens is 382 g/mol. The van der Waals surface area contributed by atoms with Crippen molar-refractivity contribution in [3.05, 3.63) is 64.1 Å². The summed E-state index contributed by atoms with van der Waals surface area (Å²) in [7, 11) is 0. The first-order valence-corrected chi connectivity index (χ1v) is 10.7. The molecule has 30 heavy (non-hydrogen) atoms. The number of rotatable bonds is 7. The normalized spacial score (nSPS) is 26.5. The van der Waals surface area contributed by atoms with Gasteiger partial charge in [-0.05, 0) is 50.5 Å². The Bertz CT molecular complexity index is 842. The molecule has 1 N–H and O–H groups in total. The van der Waals surface area contributed by atoms with E-state index in [0.717, 1.165) is 37.2 Å². The molecule has 8 nitrogen and oxygen atoms in total. The second-order valence-corrected chi connectivity index (χ2v) is 8.28. The lowest BCUT2D eigenvalue weighted by molar-refractivity contribution is -0.551. The van der Waals surface area contributed by atoms with E-state index in [2.05, 4.69) is 50.6 Å². The summed E-state index contributed by atoms with van der Waals surface area (Å²) in [5.41, 5.74) is 4.71. The molecule has 0 spiro atoms. The quantitative estimate of drug-likeness (QED) is 0.552. The van der Waals surface area contributed by atoms with Crippen molar-refractivity contribution in [3.8, 4) is 0 Å². The van der Waals surface area contributed by atoms with Crippen molar-refractivity contribution in [2.75, 3.05) is 18.1 Å². The number of nitro groups is 1. The summed E-state index contributed by atoms with van der Waals surface area (Å²) in [6, 6.07) is 10.3. The summed E-state index contributed by atoms with van der Waals surface area (Å²) in [6.07, 6.45) is 8.57. The van der Waals surface area contributed by atoms with Crippen LogP contribution < -0.4 is 10.3 Å². The lowest BCUT2D eigenvalue weighted by atomic mass is 9.83. The smallest absolute Gasteiger partial charge is 0.157 e. The number of nitrogens with zero attached hydrogens (tertiary/aromatic N) is 4. The molecule has 2 fully saturated rings. The molecule has 2 heterocycles. The van der Waals surface area contributed by atoms with Gasteiger partial charge >= 0.3 is 0 Å².